The highest BCUT2D eigenvalue weighted by Gasteiger charge is 2.27. The Labute approximate surface area is 144 Å². The number of hydrogen-bond donors (Lipinski definition) is 2. The van der Waals surface area contributed by atoms with Crippen molar-refractivity contribution in [3.8, 4) is 10.6 Å². The number of amides is 1. The van der Waals surface area contributed by atoms with Crippen molar-refractivity contribution in [2.75, 3.05) is 6.54 Å². The topological polar surface area (TPSA) is 75.4 Å². The molecule has 6 heteroatoms. The summed E-state index contributed by atoms with van der Waals surface area (Å²) in [5.74, 6) is 0.0814. The van der Waals surface area contributed by atoms with Gasteiger partial charge in [-0.15, -0.1) is 11.3 Å². The lowest BCUT2D eigenvalue weighted by molar-refractivity contribution is 0.0329. The highest BCUT2D eigenvalue weighted by molar-refractivity contribution is 7.13. The number of thiazole rings is 1. The molecule has 1 atom stereocenters. The Bertz CT molecular complexity index is 820. The molecular formula is C18H18N2O3S. The molecule has 0 aliphatic carbocycles. The summed E-state index contributed by atoms with van der Waals surface area (Å²) in [6, 6.07) is 11.4. The zero-order valence-electron chi connectivity index (χ0n) is 13.4. The largest absolute Gasteiger partial charge is 0.466 e. The van der Waals surface area contributed by atoms with Gasteiger partial charge in [-0.25, -0.2) is 4.98 Å². The van der Waals surface area contributed by atoms with Crippen LogP contribution >= 0.6 is 11.3 Å². The predicted octanol–water partition coefficient (Wildman–Crippen LogP) is 3.35. The van der Waals surface area contributed by atoms with Gasteiger partial charge in [0, 0.05) is 10.9 Å². The van der Waals surface area contributed by atoms with E-state index in [-0.39, 0.29) is 12.5 Å². The van der Waals surface area contributed by atoms with Gasteiger partial charge in [0.25, 0.3) is 5.91 Å². The Morgan fingerprint density at radius 1 is 1.33 bits per heavy atom. The molecule has 0 fully saturated rings. The van der Waals surface area contributed by atoms with Gasteiger partial charge in [0.15, 0.2) is 0 Å². The van der Waals surface area contributed by atoms with Crippen LogP contribution in [-0.4, -0.2) is 22.5 Å². The molecule has 0 spiro atoms. The molecule has 0 radical (unpaired) electrons. The van der Waals surface area contributed by atoms with Crippen LogP contribution in [0.25, 0.3) is 10.6 Å². The molecule has 2 aromatic heterocycles. The highest BCUT2D eigenvalue weighted by atomic mass is 32.1. The van der Waals surface area contributed by atoms with E-state index in [1.54, 1.807) is 24.4 Å². The molecule has 5 nitrogen and oxygen atoms in total. The molecule has 0 saturated heterocycles. The van der Waals surface area contributed by atoms with E-state index in [0.717, 1.165) is 10.6 Å². The molecule has 1 unspecified atom stereocenters. The molecule has 3 aromatic rings. The summed E-state index contributed by atoms with van der Waals surface area (Å²) in [7, 11) is 0. The van der Waals surface area contributed by atoms with Crippen LogP contribution in [-0.2, 0) is 5.60 Å². The van der Waals surface area contributed by atoms with Crippen LogP contribution in [0.4, 0.5) is 0 Å². The quantitative estimate of drug-likeness (QED) is 0.745. The Hall–Kier alpha value is -2.44. The molecule has 0 saturated carbocycles. The molecule has 1 aromatic carbocycles. The second-order valence-corrected chi connectivity index (χ2v) is 6.70. The van der Waals surface area contributed by atoms with Crippen molar-refractivity contribution in [2.45, 2.75) is 19.4 Å². The van der Waals surface area contributed by atoms with Crippen molar-refractivity contribution >= 4 is 17.2 Å². The minimum absolute atomic E-state index is 0.0384. The van der Waals surface area contributed by atoms with E-state index in [9.17, 15) is 9.90 Å². The van der Waals surface area contributed by atoms with Crippen molar-refractivity contribution in [3.63, 3.8) is 0 Å². The standard InChI is InChI=1S/C18H18N2O3S/c1-12-5-7-13(8-6-12)17-20-14(10-24-17)16(21)19-11-18(2,22)15-4-3-9-23-15/h3-10,22H,11H2,1-2H3,(H,19,21). The van der Waals surface area contributed by atoms with Crippen LogP contribution in [0.5, 0.6) is 0 Å². The van der Waals surface area contributed by atoms with E-state index in [1.807, 2.05) is 31.2 Å². The predicted molar refractivity (Wildman–Crippen MR) is 92.9 cm³/mol. The first-order chi connectivity index (χ1) is 11.5. The number of nitrogens with one attached hydrogen (secondary N) is 1. The summed E-state index contributed by atoms with van der Waals surface area (Å²) >= 11 is 1.41. The lowest BCUT2D eigenvalue weighted by Crippen LogP contribution is -2.38. The van der Waals surface area contributed by atoms with Crippen molar-refractivity contribution < 1.29 is 14.3 Å². The fourth-order valence-electron chi connectivity index (χ4n) is 2.22. The number of aliphatic hydroxyl groups is 1. The van der Waals surface area contributed by atoms with Gasteiger partial charge in [-0.3, -0.25) is 4.79 Å². The molecule has 0 bridgehead atoms. The molecule has 3 rings (SSSR count). The lowest BCUT2D eigenvalue weighted by atomic mass is 10.0. The van der Waals surface area contributed by atoms with Crippen molar-refractivity contribution in [2.24, 2.45) is 0 Å². The third kappa shape index (κ3) is 3.55. The summed E-state index contributed by atoms with van der Waals surface area (Å²) in [5.41, 5.74) is 1.22. The lowest BCUT2D eigenvalue weighted by Gasteiger charge is -2.20. The van der Waals surface area contributed by atoms with Gasteiger partial charge in [-0.1, -0.05) is 29.8 Å². The second kappa shape index (κ2) is 6.59. The summed E-state index contributed by atoms with van der Waals surface area (Å²) < 4.78 is 5.19. The van der Waals surface area contributed by atoms with E-state index >= 15 is 0 Å². The number of furan rings is 1. The summed E-state index contributed by atoms with van der Waals surface area (Å²) in [6.45, 7) is 3.65. The van der Waals surface area contributed by atoms with Gasteiger partial charge >= 0.3 is 0 Å². The van der Waals surface area contributed by atoms with E-state index in [2.05, 4.69) is 10.3 Å². The number of hydrogen-bond acceptors (Lipinski definition) is 5. The maximum atomic E-state index is 12.3. The molecule has 124 valence electrons. The zero-order valence-corrected chi connectivity index (χ0v) is 14.3. The Morgan fingerprint density at radius 3 is 2.75 bits per heavy atom. The maximum absolute atomic E-state index is 12.3. The van der Waals surface area contributed by atoms with Gasteiger partial charge in [0.1, 0.15) is 22.1 Å². The normalized spacial score (nSPS) is 13.5. The van der Waals surface area contributed by atoms with E-state index in [4.69, 9.17) is 4.42 Å². The minimum Gasteiger partial charge on any atom is -0.466 e. The third-order valence-corrected chi connectivity index (χ3v) is 4.57. The first-order valence-electron chi connectivity index (χ1n) is 7.53. The second-order valence-electron chi connectivity index (χ2n) is 5.84. The Kier molecular flexibility index (Phi) is 4.51. The number of benzene rings is 1. The number of aromatic nitrogens is 1. The molecule has 2 heterocycles. The van der Waals surface area contributed by atoms with Crippen LogP contribution in [0.15, 0.2) is 52.5 Å². The summed E-state index contributed by atoms with van der Waals surface area (Å²) in [5, 5.41) is 15.6. The third-order valence-electron chi connectivity index (χ3n) is 3.68. The highest BCUT2D eigenvalue weighted by Crippen LogP contribution is 2.24. The van der Waals surface area contributed by atoms with E-state index < -0.39 is 5.60 Å². The molecule has 24 heavy (non-hydrogen) atoms. The monoisotopic (exact) mass is 342 g/mol. The smallest absolute Gasteiger partial charge is 0.270 e. The fourth-order valence-corrected chi connectivity index (χ4v) is 3.03. The van der Waals surface area contributed by atoms with Crippen molar-refractivity contribution in [1.82, 2.24) is 10.3 Å². The van der Waals surface area contributed by atoms with Crippen LogP contribution in [0.2, 0.25) is 0 Å². The number of nitrogens with zero attached hydrogens (tertiary/aromatic N) is 1. The van der Waals surface area contributed by atoms with Crippen LogP contribution in [0, 0.1) is 6.92 Å². The fraction of sp³-hybridized carbons (Fsp3) is 0.222. The molecular weight excluding hydrogens is 324 g/mol. The average Bonchev–Trinajstić information content (AvgIpc) is 3.25. The first-order valence-corrected chi connectivity index (χ1v) is 8.41. The summed E-state index contributed by atoms with van der Waals surface area (Å²) in [6.07, 6.45) is 1.49. The number of carbonyl (C=O) groups is 1. The Balaban J connectivity index is 1.67. The number of carbonyl (C=O) groups excluding carboxylic acids is 1. The van der Waals surface area contributed by atoms with Gasteiger partial charge in [-0.05, 0) is 26.0 Å². The van der Waals surface area contributed by atoms with Crippen LogP contribution in [0.3, 0.4) is 0 Å². The van der Waals surface area contributed by atoms with E-state index in [1.165, 1.54) is 23.2 Å². The summed E-state index contributed by atoms with van der Waals surface area (Å²) in [4.78, 5) is 16.6. The Morgan fingerprint density at radius 2 is 2.08 bits per heavy atom. The molecule has 1 amide bonds. The maximum Gasteiger partial charge on any atom is 0.270 e. The van der Waals surface area contributed by atoms with Crippen LogP contribution < -0.4 is 5.32 Å². The van der Waals surface area contributed by atoms with Gasteiger partial charge in [-0.2, -0.15) is 0 Å². The molecule has 0 aliphatic heterocycles. The van der Waals surface area contributed by atoms with Crippen molar-refractivity contribution in [3.05, 3.63) is 65.1 Å². The SMILES string of the molecule is Cc1ccc(-c2nc(C(=O)NCC(C)(O)c3ccco3)cs2)cc1. The van der Waals surface area contributed by atoms with Crippen LogP contribution in [0.1, 0.15) is 28.7 Å². The van der Waals surface area contributed by atoms with Crippen molar-refractivity contribution in [1.29, 1.82) is 0 Å². The van der Waals surface area contributed by atoms with E-state index in [0.29, 0.717) is 11.5 Å². The van der Waals surface area contributed by atoms with Gasteiger partial charge in [0.2, 0.25) is 0 Å². The first kappa shape index (κ1) is 16.4. The average molecular weight is 342 g/mol. The van der Waals surface area contributed by atoms with Gasteiger partial charge < -0.3 is 14.8 Å². The molecule has 0 aliphatic rings. The number of rotatable bonds is 5. The zero-order chi connectivity index (χ0) is 17.2. The number of aryl methyl sites for hydroxylation is 1. The minimum atomic E-state index is -1.27. The van der Waals surface area contributed by atoms with Gasteiger partial charge in [0.05, 0.1) is 12.8 Å². The molecule has 2 N–H and O–H groups in total.